The van der Waals surface area contributed by atoms with Gasteiger partial charge in [-0.15, -0.1) is 0 Å². The third-order valence-electron chi connectivity index (χ3n) is 2.94. The first kappa shape index (κ1) is 13.5. The van der Waals surface area contributed by atoms with Crippen molar-refractivity contribution in [1.29, 1.82) is 0 Å². The summed E-state index contributed by atoms with van der Waals surface area (Å²) in [6.45, 7) is 3.27. The van der Waals surface area contributed by atoms with Gasteiger partial charge in [0.15, 0.2) is 0 Å². The van der Waals surface area contributed by atoms with Crippen LogP contribution in [0.15, 0.2) is 6.07 Å². The van der Waals surface area contributed by atoms with E-state index >= 15 is 0 Å². The molecular weight excluding hydrogens is 248 g/mol. The smallest absolute Gasteiger partial charge is 0.244 e. The van der Waals surface area contributed by atoms with Crippen LogP contribution in [0.1, 0.15) is 5.82 Å². The van der Waals surface area contributed by atoms with Gasteiger partial charge in [0.1, 0.15) is 23.5 Å². The number of nitrogens with two attached hydrogens (primary N) is 1. The van der Waals surface area contributed by atoms with Crippen LogP contribution in [0.5, 0.6) is 0 Å². The van der Waals surface area contributed by atoms with Crippen LogP contribution < -0.4 is 21.5 Å². The number of likely N-dealkylation sites (N-methyl/N-ethyl adjacent to an activating group) is 1. The maximum Gasteiger partial charge on any atom is 0.244 e. The standard InChI is InChI=1S/C11H18N6O2/c1-7-14-9(16-12)5-10(15-7)17-3-4-19-6-8(17)11(18)13-2/h5,8H,3-4,6,12H2,1-2H3,(H,13,18)(H,14,15,16). The predicted octanol–water partition coefficient (Wildman–Crippen LogP) is -0.978. The molecule has 0 spiro atoms. The molecule has 2 heterocycles. The SMILES string of the molecule is CNC(=O)C1COCCN1c1cc(NN)nc(C)n1. The summed E-state index contributed by atoms with van der Waals surface area (Å²) in [6.07, 6.45) is 0. The highest BCUT2D eigenvalue weighted by Crippen LogP contribution is 2.20. The molecule has 104 valence electrons. The fraction of sp³-hybridized carbons (Fsp3) is 0.545. The summed E-state index contributed by atoms with van der Waals surface area (Å²) in [5, 5.41) is 2.63. The number of hydrogen-bond donors (Lipinski definition) is 3. The summed E-state index contributed by atoms with van der Waals surface area (Å²) in [5.41, 5.74) is 2.50. The minimum atomic E-state index is -0.390. The Kier molecular flexibility index (Phi) is 4.13. The Balaban J connectivity index is 2.31. The maximum absolute atomic E-state index is 11.9. The number of ether oxygens (including phenoxy) is 1. The first-order valence-corrected chi connectivity index (χ1v) is 6.04. The molecule has 1 aromatic heterocycles. The van der Waals surface area contributed by atoms with E-state index in [0.29, 0.717) is 37.2 Å². The molecule has 1 atom stereocenters. The van der Waals surface area contributed by atoms with E-state index in [1.54, 1.807) is 20.0 Å². The van der Waals surface area contributed by atoms with Crippen LogP contribution in [-0.2, 0) is 9.53 Å². The molecule has 0 bridgehead atoms. The third kappa shape index (κ3) is 2.91. The van der Waals surface area contributed by atoms with E-state index in [4.69, 9.17) is 10.6 Å². The van der Waals surface area contributed by atoms with Crippen LogP contribution in [0.3, 0.4) is 0 Å². The molecule has 1 aliphatic rings. The average Bonchev–Trinajstić information content (AvgIpc) is 2.45. The zero-order valence-corrected chi connectivity index (χ0v) is 11.0. The lowest BCUT2D eigenvalue weighted by Crippen LogP contribution is -2.53. The van der Waals surface area contributed by atoms with Gasteiger partial charge in [0.05, 0.1) is 13.2 Å². The van der Waals surface area contributed by atoms with Gasteiger partial charge < -0.3 is 20.4 Å². The monoisotopic (exact) mass is 266 g/mol. The van der Waals surface area contributed by atoms with Crippen molar-refractivity contribution in [2.24, 2.45) is 5.84 Å². The lowest BCUT2D eigenvalue weighted by molar-refractivity contribution is -0.124. The molecule has 0 aliphatic carbocycles. The number of aryl methyl sites for hydroxylation is 1. The van der Waals surface area contributed by atoms with Gasteiger partial charge in [-0.3, -0.25) is 4.79 Å². The molecule has 2 rings (SSSR count). The Morgan fingerprint density at radius 1 is 1.58 bits per heavy atom. The Bertz CT molecular complexity index is 466. The highest BCUT2D eigenvalue weighted by atomic mass is 16.5. The van der Waals surface area contributed by atoms with Crippen LogP contribution in [0.2, 0.25) is 0 Å². The van der Waals surface area contributed by atoms with Crippen molar-refractivity contribution < 1.29 is 9.53 Å². The van der Waals surface area contributed by atoms with Gasteiger partial charge in [-0.25, -0.2) is 15.8 Å². The highest BCUT2D eigenvalue weighted by Gasteiger charge is 2.30. The Morgan fingerprint density at radius 2 is 2.37 bits per heavy atom. The van der Waals surface area contributed by atoms with E-state index in [1.807, 2.05) is 4.90 Å². The van der Waals surface area contributed by atoms with Gasteiger partial charge in [-0.1, -0.05) is 0 Å². The minimum absolute atomic E-state index is 0.0989. The molecule has 8 heteroatoms. The summed E-state index contributed by atoms with van der Waals surface area (Å²) in [7, 11) is 1.60. The number of anilines is 2. The second-order valence-corrected chi connectivity index (χ2v) is 4.20. The van der Waals surface area contributed by atoms with Crippen molar-refractivity contribution in [3.8, 4) is 0 Å². The van der Waals surface area contributed by atoms with Gasteiger partial charge in [0.2, 0.25) is 5.91 Å². The number of aromatic nitrogens is 2. The van der Waals surface area contributed by atoms with Gasteiger partial charge in [0.25, 0.3) is 0 Å². The number of morpholine rings is 1. The van der Waals surface area contributed by atoms with E-state index in [2.05, 4.69) is 20.7 Å². The zero-order chi connectivity index (χ0) is 13.8. The van der Waals surface area contributed by atoms with E-state index < -0.39 is 6.04 Å². The van der Waals surface area contributed by atoms with Gasteiger partial charge in [-0.05, 0) is 6.92 Å². The van der Waals surface area contributed by atoms with Gasteiger partial charge in [0, 0.05) is 19.7 Å². The molecule has 1 aromatic rings. The van der Waals surface area contributed by atoms with Crippen molar-refractivity contribution in [3.05, 3.63) is 11.9 Å². The van der Waals surface area contributed by atoms with E-state index in [-0.39, 0.29) is 5.91 Å². The largest absolute Gasteiger partial charge is 0.377 e. The van der Waals surface area contributed by atoms with Crippen molar-refractivity contribution >= 4 is 17.5 Å². The van der Waals surface area contributed by atoms with Crippen LogP contribution in [0.25, 0.3) is 0 Å². The topological polar surface area (TPSA) is 105 Å². The van der Waals surface area contributed by atoms with Gasteiger partial charge >= 0.3 is 0 Å². The number of nitrogens with zero attached hydrogens (tertiary/aromatic N) is 3. The molecule has 1 unspecified atom stereocenters. The number of hydrazine groups is 1. The molecule has 0 radical (unpaired) electrons. The zero-order valence-electron chi connectivity index (χ0n) is 11.0. The Morgan fingerprint density at radius 3 is 3.05 bits per heavy atom. The second-order valence-electron chi connectivity index (χ2n) is 4.20. The number of amides is 1. The molecule has 8 nitrogen and oxygen atoms in total. The highest BCUT2D eigenvalue weighted by molar-refractivity contribution is 5.85. The van der Waals surface area contributed by atoms with E-state index in [1.165, 1.54) is 0 Å². The van der Waals surface area contributed by atoms with Crippen LogP contribution in [-0.4, -0.2) is 48.7 Å². The van der Waals surface area contributed by atoms with E-state index in [9.17, 15) is 4.79 Å². The van der Waals surface area contributed by atoms with Crippen molar-refractivity contribution in [2.75, 3.05) is 37.1 Å². The summed E-state index contributed by atoms with van der Waals surface area (Å²) in [6, 6.07) is 1.33. The molecule has 1 aliphatic heterocycles. The lowest BCUT2D eigenvalue weighted by atomic mass is 10.2. The maximum atomic E-state index is 11.9. The quantitative estimate of drug-likeness (QED) is 0.477. The number of carbonyl (C=O) groups is 1. The fourth-order valence-electron chi connectivity index (χ4n) is 2.03. The first-order chi connectivity index (χ1) is 9.15. The number of rotatable bonds is 3. The second kappa shape index (κ2) is 5.81. The fourth-order valence-corrected chi connectivity index (χ4v) is 2.03. The molecule has 1 fully saturated rings. The van der Waals surface area contributed by atoms with Crippen molar-refractivity contribution in [1.82, 2.24) is 15.3 Å². The molecular formula is C11H18N6O2. The normalized spacial score (nSPS) is 19.1. The summed E-state index contributed by atoms with van der Waals surface area (Å²) in [5.74, 6) is 7.05. The van der Waals surface area contributed by atoms with Crippen LogP contribution >= 0.6 is 0 Å². The number of hydrogen-bond acceptors (Lipinski definition) is 7. The van der Waals surface area contributed by atoms with Crippen molar-refractivity contribution in [2.45, 2.75) is 13.0 Å². The van der Waals surface area contributed by atoms with Crippen LogP contribution in [0.4, 0.5) is 11.6 Å². The van der Waals surface area contributed by atoms with Crippen molar-refractivity contribution in [3.63, 3.8) is 0 Å². The molecule has 19 heavy (non-hydrogen) atoms. The molecule has 1 amide bonds. The number of nitrogens with one attached hydrogen (secondary N) is 2. The number of carbonyl (C=O) groups excluding carboxylic acids is 1. The van der Waals surface area contributed by atoms with Crippen LogP contribution in [0, 0.1) is 6.92 Å². The van der Waals surface area contributed by atoms with Gasteiger partial charge in [-0.2, -0.15) is 0 Å². The third-order valence-corrected chi connectivity index (χ3v) is 2.94. The molecule has 4 N–H and O–H groups in total. The molecule has 0 aromatic carbocycles. The summed E-state index contributed by atoms with van der Waals surface area (Å²) >= 11 is 0. The average molecular weight is 266 g/mol. The Hall–Kier alpha value is -1.93. The Labute approximate surface area is 111 Å². The first-order valence-electron chi connectivity index (χ1n) is 6.04. The summed E-state index contributed by atoms with van der Waals surface area (Å²) in [4.78, 5) is 22.3. The van der Waals surface area contributed by atoms with E-state index in [0.717, 1.165) is 0 Å². The minimum Gasteiger partial charge on any atom is -0.377 e. The lowest BCUT2D eigenvalue weighted by Gasteiger charge is -2.35. The number of nitrogen functional groups attached to an aromatic ring is 1. The summed E-state index contributed by atoms with van der Waals surface area (Å²) < 4.78 is 5.36. The molecule has 1 saturated heterocycles. The molecule has 0 saturated carbocycles. The predicted molar refractivity (Wildman–Crippen MR) is 70.6 cm³/mol.